The number of carbonyl (C=O) groups is 1. The van der Waals surface area contributed by atoms with Crippen molar-refractivity contribution < 1.29 is 9.53 Å². The van der Waals surface area contributed by atoms with Crippen LogP contribution in [0.3, 0.4) is 0 Å². The number of rotatable bonds is 5. The molecule has 2 atom stereocenters. The van der Waals surface area contributed by atoms with Crippen LogP contribution in [-0.4, -0.2) is 42.3 Å². The molecule has 24 heavy (non-hydrogen) atoms. The second-order valence-corrected chi connectivity index (χ2v) is 8.06. The summed E-state index contributed by atoms with van der Waals surface area (Å²) in [6.07, 6.45) is 4.96. The summed E-state index contributed by atoms with van der Waals surface area (Å²) in [5, 5.41) is 6.14. The van der Waals surface area contributed by atoms with Gasteiger partial charge in [0.2, 0.25) is 0 Å². The van der Waals surface area contributed by atoms with Crippen molar-refractivity contribution in [2.45, 2.75) is 50.7 Å². The lowest BCUT2D eigenvalue weighted by Gasteiger charge is -2.37. The summed E-state index contributed by atoms with van der Waals surface area (Å²) in [6.45, 7) is 3.61. The average molecular weight is 349 g/mol. The van der Waals surface area contributed by atoms with Crippen LogP contribution in [0.2, 0.25) is 0 Å². The number of benzene rings is 1. The molecule has 0 saturated carbocycles. The Bertz CT molecular complexity index is 558. The third-order valence-electron chi connectivity index (χ3n) is 5.07. The molecular formula is C19H28N2O2S. The third kappa shape index (κ3) is 4.67. The Morgan fingerprint density at radius 1 is 1.42 bits per heavy atom. The van der Waals surface area contributed by atoms with Crippen LogP contribution < -0.4 is 10.6 Å². The molecule has 5 heteroatoms. The molecule has 2 aliphatic heterocycles. The Labute approximate surface area is 149 Å². The van der Waals surface area contributed by atoms with Crippen LogP contribution in [0.1, 0.15) is 36.8 Å². The van der Waals surface area contributed by atoms with Gasteiger partial charge in [-0.2, -0.15) is 11.8 Å². The van der Waals surface area contributed by atoms with Crippen molar-refractivity contribution in [3.05, 3.63) is 35.4 Å². The fourth-order valence-corrected chi connectivity index (χ4v) is 5.00. The monoisotopic (exact) mass is 348 g/mol. The van der Waals surface area contributed by atoms with E-state index in [2.05, 4.69) is 41.8 Å². The zero-order valence-corrected chi connectivity index (χ0v) is 15.3. The Morgan fingerprint density at radius 3 is 3.08 bits per heavy atom. The lowest BCUT2D eigenvalue weighted by atomic mass is 9.90. The minimum absolute atomic E-state index is 0.0195. The van der Waals surface area contributed by atoms with Crippen LogP contribution in [0.25, 0.3) is 0 Å². The van der Waals surface area contributed by atoms with Crippen molar-refractivity contribution in [2.75, 3.05) is 24.7 Å². The molecule has 2 aliphatic rings. The summed E-state index contributed by atoms with van der Waals surface area (Å²) in [5.41, 5.74) is 2.71. The predicted molar refractivity (Wildman–Crippen MR) is 99.7 cm³/mol. The summed E-state index contributed by atoms with van der Waals surface area (Å²) in [5.74, 6) is 2.25. The predicted octanol–water partition coefficient (Wildman–Crippen LogP) is 3.28. The zero-order valence-electron chi connectivity index (χ0n) is 14.5. The summed E-state index contributed by atoms with van der Waals surface area (Å²) < 4.78 is 6.00. The first-order chi connectivity index (χ1) is 11.7. The van der Waals surface area contributed by atoms with Crippen molar-refractivity contribution >= 4 is 17.8 Å². The fraction of sp³-hybridized carbons (Fsp3) is 0.632. The maximum atomic E-state index is 12.1. The maximum Gasteiger partial charge on any atom is 0.315 e. The normalized spacial score (nSPS) is 26.5. The van der Waals surface area contributed by atoms with E-state index in [1.807, 2.05) is 11.8 Å². The molecule has 0 bridgehead atoms. The van der Waals surface area contributed by atoms with E-state index < -0.39 is 0 Å². The van der Waals surface area contributed by atoms with Gasteiger partial charge < -0.3 is 15.4 Å². The topological polar surface area (TPSA) is 50.4 Å². The molecule has 1 aromatic rings. The van der Waals surface area contributed by atoms with Gasteiger partial charge in [-0.1, -0.05) is 24.3 Å². The summed E-state index contributed by atoms with van der Waals surface area (Å²) >= 11 is 1.96. The molecule has 0 aliphatic carbocycles. The highest BCUT2D eigenvalue weighted by atomic mass is 32.2. The molecule has 0 radical (unpaired) electrons. The van der Waals surface area contributed by atoms with Gasteiger partial charge in [0, 0.05) is 24.9 Å². The van der Waals surface area contributed by atoms with Crippen molar-refractivity contribution in [3.8, 4) is 0 Å². The van der Waals surface area contributed by atoms with E-state index in [0.717, 1.165) is 44.5 Å². The van der Waals surface area contributed by atoms with Gasteiger partial charge in [-0.05, 0) is 55.9 Å². The molecule has 0 unspecified atom stereocenters. The van der Waals surface area contributed by atoms with E-state index >= 15 is 0 Å². The third-order valence-corrected chi connectivity index (χ3v) is 6.29. The number of hydrogen-bond acceptors (Lipinski definition) is 3. The first kappa shape index (κ1) is 17.6. The number of thioether (sulfide) groups is 1. The molecular weight excluding hydrogens is 320 g/mol. The molecule has 132 valence electrons. The van der Waals surface area contributed by atoms with Gasteiger partial charge in [-0.3, -0.25) is 0 Å². The van der Waals surface area contributed by atoms with E-state index in [-0.39, 0.29) is 17.7 Å². The Kier molecular flexibility index (Phi) is 6.06. The number of amides is 2. The van der Waals surface area contributed by atoms with Crippen LogP contribution in [0, 0.1) is 6.92 Å². The number of nitrogens with one attached hydrogen (secondary N) is 2. The van der Waals surface area contributed by atoms with Crippen molar-refractivity contribution in [2.24, 2.45) is 0 Å². The molecule has 3 rings (SSSR count). The summed E-state index contributed by atoms with van der Waals surface area (Å²) in [4.78, 5) is 12.1. The minimum atomic E-state index is -0.0347. The fourth-order valence-electron chi connectivity index (χ4n) is 3.62. The highest BCUT2D eigenvalue weighted by Gasteiger charge is 2.40. The molecule has 4 nitrogen and oxygen atoms in total. The largest absolute Gasteiger partial charge is 0.374 e. The molecule has 1 aromatic carbocycles. The molecule has 2 N–H and O–H groups in total. The van der Waals surface area contributed by atoms with Crippen molar-refractivity contribution in [1.82, 2.24) is 10.6 Å². The highest BCUT2D eigenvalue weighted by Crippen LogP contribution is 2.38. The molecule has 2 amide bonds. The Morgan fingerprint density at radius 2 is 2.29 bits per heavy atom. The van der Waals surface area contributed by atoms with Crippen LogP contribution in [0.5, 0.6) is 0 Å². The van der Waals surface area contributed by atoms with E-state index in [1.54, 1.807) is 0 Å². The van der Waals surface area contributed by atoms with Crippen molar-refractivity contribution in [1.29, 1.82) is 0 Å². The second kappa shape index (κ2) is 8.26. The SMILES string of the molecule is Cc1ccccc1CCCNC(=O)N[C@@H]1CCO[C@]2(CCSC2)C1. The van der Waals surface area contributed by atoms with Crippen molar-refractivity contribution in [3.63, 3.8) is 0 Å². The van der Waals surface area contributed by atoms with E-state index in [0.29, 0.717) is 6.54 Å². The van der Waals surface area contributed by atoms with Gasteiger partial charge in [0.25, 0.3) is 0 Å². The Hall–Kier alpha value is -1.20. The van der Waals surface area contributed by atoms with Crippen LogP contribution in [0.15, 0.2) is 24.3 Å². The number of hydrogen-bond donors (Lipinski definition) is 2. The van der Waals surface area contributed by atoms with Gasteiger partial charge in [-0.15, -0.1) is 0 Å². The van der Waals surface area contributed by atoms with E-state index in [4.69, 9.17) is 4.74 Å². The lowest BCUT2D eigenvalue weighted by molar-refractivity contribution is -0.0684. The number of urea groups is 1. The number of ether oxygens (including phenoxy) is 1. The van der Waals surface area contributed by atoms with Gasteiger partial charge in [0.05, 0.1) is 5.60 Å². The van der Waals surface area contributed by atoms with E-state index in [1.165, 1.54) is 16.9 Å². The zero-order chi connectivity index (χ0) is 16.8. The first-order valence-corrected chi connectivity index (χ1v) is 10.1. The van der Waals surface area contributed by atoms with Crippen LogP contribution in [-0.2, 0) is 11.2 Å². The molecule has 2 saturated heterocycles. The molecule has 2 heterocycles. The average Bonchev–Trinajstić information content (AvgIpc) is 3.01. The number of carbonyl (C=O) groups excluding carboxylic acids is 1. The standard InChI is InChI=1S/C19H28N2O2S/c1-15-5-2-3-6-16(15)7-4-10-20-18(22)21-17-8-11-23-19(13-17)9-12-24-14-19/h2-3,5-6,17H,4,7-14H2,1H3,(H2,20,21,22)/t17-,19-/m1/s1. The molecule has 1 spiro atoms. The molecule has 2 fully saturated rings. The number of aryl methyl sites for hydroxylation is 2. The van der Waals surface area contributed by atoms with Gasteiger partial charge in [0.15, 0.2) is 0 Å². The van der Waals surface area contributed by atoms with Crippen LogP contribution in [0.4, 0.5) is 4.79 Å². The molecule has 0 aromatic heterocycles. The van der Waals surface area contributed by atoms with Crippen LogP contribution >= 0.6 is 11.8 Å². The summed E-state index contributed by atoms with van der Waals surface area (Å²) in [7, 11) is 0. The quantitative estimate of drug-likeness (QED) is 0.803. The minimum Gasteiger partial charge on any atom is -0.374 e. The highest BCUT2D eigenvalue weighted by molar-refractivity contribution is 7.99. The van der Waals surface area contributed by atoms with Gasteiger partial charge in [0.1, 0.15) is 0 Å². The first-order valence-electron chi connectivity index (χ1n) is 8.97. The second-order valence-electron chi connectivity index (χ2n) is 6.95. The maximum absolute atomic E-state index is 12.1. The van der Waals surface area contributed by atoms with E-state index in [9.17, 15) is 4.79 Å². The Balaban J connectivity index is 1.36. The smallest absolute Gasteiger partial charge is 0.315 e. The van der Waals surface area contributed by atoms with Gasteiger partial charge in [-0.25, -0.2) is 4.79 Å². The summed E-state index contributed by atoms with van der Waals surface area (Å²) in [6, 6.07) is 8.65. The lowest BCUT2D eigenvalue weighted by Crippen LogP contribution is -2.51. The van der Waals surface area contributed by atoms with Gasteiger partial charge >= 0.3 is 6.03 Å².